The van der Waals surface area contributed by atoms with Crippen molar-refractivity contribution in [3.8, 4) is 11.5 Å². The van der Waals surface area contributed by atoms with Crippen molar-refractivity contribution in [3.05, 3.63) is 58.9 Å². The maximum Gasteiger partial charge on any atom is 0.165 e. The van der Waals surface area contributed by atoms with Crippen LogP contribution in [-0.4, -0.2) is 5.11 Å². The zero-order chi connectivity index (χ0) is 12.3. The monoisotopic (exact) mass is 252 g/mol. The van der Waals surface area contributed by atoms with Crippen molar-refractivity contribution in [3.63, 3.8) is 0 Å². The maximum absolute atomic E-state index is 13.3. The molecule has 0 fully saturated rings. The summed E-state index contributed by atoms with van der Waals surface area (Å²) in [6, 6.07) is 10.9. The van der Waals surface area contributed by atoms with Gasteiger partial charge in [-0.1, -0.05) is 29.8 Å². The summed E-state index contributed by atoms with van der Waals surface area (Å²) in [5.41, 5.74) is 0.604. The van der Waals surface area contributed by atoms with E-state index in [9.17, 15) is 4.39 Å². The van der Waals surface area contributed by atoms with Crippen LogP contribution in [0.1, 0.15) is 5.56 Å². The lowest BCUT2D eigenvalue weighted by molar-refractivity contribution is 0.282. The number of hydrogen-bond donors (Lipinski definition) is 1. The third kappa shape index (κ3) is 2.75. The molecular weight excluding hydrogens is 243 g/mol. The molecule has 4 heteroatoms. The van der Waals surface area contributed by atoms with Crippen molar-refractivity contribution < 1.29 is 14.2 Å². The third-order valence-corrected chi connectivity index (χ3v) is 2.61. The first kappa shape index (κ1) is 11.9. The van der Waals surface area contributed by atoms with Crippen LogP contribution in [-0.2, 0) is 6.61 Å². The molecule has 2 nitrogen and oxygen atoms in total. The smallest absolute Gasteiger partial charge is 0.165 e. The predicted octanol–water partition coefficient (Wildman–Crippen LogP) is 3.76. The number of aliphatic hydroxyl groups is 1. The second kappa shape index (κ2) is 5.17. The van der Waals surface area contributed by atoms with E-state index in [2.05, 4.69) is 0 Å². The summed E-state index contributed by atoms with van der Waals surface area (Å²) in [5.74, 6) is 0.132. The molecule has 2 rings (SSSR count). The molecule has 0 spiro atoms. The van der Waals surface area contributed by atoms with Crippen molar-refractivity contribution in [2.24, 2.45) is 0 Å². The largest absolute Gasteiger partial charge is 0.454 e. The first-order valence-corrected chi connectivity index (χ1v) is 5.40. The number of aliphatic hydroxyl groups excluding tert-OH is 1. The van der Waals surface area contributed by atoms with Crippen LogP contribution >= 0.6 is 11.6 Å². The summed E-state index contributed by atoms with van der Waals surface area (Å²) in [6.45, 7) is -0.140. The molecule has 0 aromatic heterocycles. The van der Waals surface area contributed by atoms with E-state index in [0.717, 1.165) is 0 Å². The molecule has 0 amide bonds. The van der Waals surface area contributed by atoms with Crippen molar-refractivity contribution in [2.75, 3.05) is 0 Å². The highest BCUT2D eigenvalue weighted by atomic mass is 35.5. The molecule has 17 heavy (non-hydrogen) atoms. The zero-order valence-corrected chi connectivity index (χ0v) is 9.62. The molecule has 0 saturated heterocycles. The first-order chi connectivity index (χ1) is 8.20. The van der Waals surface area contributed by atoms with E-state index in [1.165, 1.54) is 12.1 Å². The Kier molecular flexibility index (Phi) is 3.61. The Morgan fingerprint density at radius 3 is 2.59 bits per heavy atom. The highest BCUT2D eigenvalue weighted by Gasteiger charge is 2.05. The lowest BCUT2D eigenvalue weighted by Crippen LogP contribution is -1.90. The number of ether oxygens (including phenoxy) is 1. The fourth-order valence-electron chi connectivity index (χ4n) is 1.37. The van der Waals surface area contributed by atoms with Crippen LogP contribution in [0.2, 0.25) is 5.02 Å². The average Bonchev–Trinajstić information content (AvgIpc) is 2.32. The molecule has 88 valence electrons. The highest BCUT2D eigenvalue weighted by molar-refractivity contribution is 6.31. The van der Waals surface area contributed by atoms with Gasteiger partial charge >= 0.3 is 0 Å². The quantitative estimate of drug-likeness (QED) is 0.901. The summed E-state index contributed by atoms with van der Waals surface area (Å²) in [7, 11) is 0. The maximum atomic E-state index is 13.3. The van der Waals surface area contributed by atoms with Crippen LogP contribution in [0.15, 0.2) is 42.5 Å². The second-order valence-corrected chi connectivity index (χ2v) is 3.85. The molecule has 0 unspecified atom stereocenters. The highest BCUT2D eigenvalue weighted by Crippen LogP contribution is 2.28. The van der Waals surface area contributed by atoms with E-state index in [0.29, 0.717) is 16.3 Å². The van der Waals surface area contributed by atoms with Gasteiger partial charge in [-0.25, -0.2) is 4.39 Å². The van der Waals surface area contributed by atoms with Gasteiger partial charge in [0.15, 0.2) is 11.6 Å². The molecule has 0 atom stereocenters. The summed E-state index contributed by atoms with van der Waals surface area (Å²) in [6.07, 6.45) is 0. The molecule has 0 radical (unpaired) electrons. The van der Waals surface area contributed by atoms with Crippen LogP contribution in [0.4, 0.5) is 4.39 Å². The number of halogens is 2. The molecule has 2 aromatic rings. The van der Waals surface area contributed by atoms with Gasteiger partial charge in [-0.05, 0) is 29.8 Å². The molecule has 0 saturated carbocycles. The topological polar surface area (TPSA) is 29.5 Å². The lowest BCUT2D eigenvalue weighted by Gasteiger charge is -2.08. The van der Waals surface area contributed by atoms with Crippen LogP contribution in [0.3, 0.4) is 0 Å². The number of rotatable bonds is 3. The Hall–Kier alpha value is -1.58. The van der Waals surface area contributed by atoms with Gasteiger partial charge in [0.05, 0.1) is 6.61 Å². The number of benzene rings is 2. The van der Waals surface area contributed by atoms with Crippen LogP contribution < -0.4 is 4.74 Å². The second-order valence-electron chi connectivity index (χ2n) is 3.44. The summed E-state index contributed by atoms with van der Waals surface area (Å²) in [4.78, 5) is 0. The minimum absolute atomic E-state index is 0.139. The lowest BCUT2D eigenvalue weighted by atomic mass is 10.2. The van der Waals surface area contributed by atoms with E-state index >= 15 is 0 Å². The van der Waals surface area contributed by atoms with Crippen molar-refractivity contribution >= 4 is 11.6 Å². The Balaban J connectivity index is 2.25. The van der Waals surface area contributed by atoms with Crippen molar-refractivity contribution in [1.29, 1.82) is 0 Å². The molecule has 0 aliphatic carbocycles. The van der Waals surface area contributed by atoms with Gasteiger partial charge in [0.25, 0.3) is 0 Å². The van der Waals surface area contributed by atoms with Gasteiger partial charge in [0.2, 0.25) is 0 Å². The van der Waals surface area contributed by atoms with Gasteiger partial charge in [-0.3, -0.25) is 0 Å². The molecule has 0 bridgehead atoms. The van der Waals surface area contributed by atoms with E-state index < -0.39 is 5.82 Å². The van der Waals surface area contributed by atoms with Crippen LogP contribution in [0.5, 0.6) is 11.5 Å². The third-order valence-electron chi connectivity index (χ3n) is 2.26. The molecule has 2 aromatic carbocycles. The predicted molar refractivity (Wildman–Crippen MR) is 63.8 cm³/mol. The summed E-state index contributed by atoms with van der Waals surface area (Å²) >= 11 is 5.90. The Morgan fingerprint density at radius 2 is 1.94 bits per heavy atom. The van der Waals surface area contributed by atoms with Crippen LogP contribution in [0.25, 0.3) is 0 Å². The molecule has 0 aliphatic rings. The van der Waals surface area contributed by atoms with Gasteiger partial charge in [0, 0.05) is 5.02 Å². The number of para-hydroxylation sites is 1. The zero-order valence-electron chi connectivity index (χ0n) is 8.86. The SMILES string of the molecule is OCc1ccc(Oc2ccccc2F)cc1Cl. The average molecular weight is 253 g/mol. The Morgan fingerprint density at radius 1 is 1.18 bits per heavy atom. The normalized spacial score (nSPS) is 10.3. The van der Waals surface area contributed by atoms with Crippen molar-refractivity contribution in [1.82, 2.24) is 0 Å². The first-order valence-electron chi connectivity index (χ1n) is 5.02. The van der Waals surface area contributed by atoms with Crippen LogP contribution in [0, 0.1) is 5.82 Å². The Labute approximate surface area is 103 Å². The molecule has 0 heterocycles. The van der Waals surface area contributed by atoms with Gasteiger partial charge < -0.3 is 9.84 Å². The van der Waals surface area contributed by atoms with E-state index in [1.807, 2.05) is 0 Å². The molecule has 1 N–H and O–H groups in total. The van der Waals surface area contributed by atoms with E-state index in [-0.39, 0.29) is 12.4 Å². The number of hydrogen-bond acceptors (Lipinski definition) is 2. The molecule has 0 aliphatic heterocycles. The fraction of sp³-hybridized carbons (Fsp3) is 0.0769. The Bertz CT molecular complexity index is 529. The van der Waals surface area contributed by atoms with E-state index in [1.54, 1.807) is 30.3 Å². The van der Waals surface area contributed by atoms with Gasteiger partial charge in [0.1, 0.15) is 5.75 Å². The fourth-order valence-corrected chi connectivity index (χ4v) is 1.60. The standard InChI is InChI=1S/C13H10ClFO2/c14-11-7-10(6-5-9(11)8-16)17-13-4-2-1-3-12(13)15/h1-7,16H,8H2. The molecular formula is C13H10ClFO2. The van der Waals surface area contributed by atoms with Crippen molar-refractivity contribution in [2.45, 2.75) is 6.61 Å². The summed E-state index contributed by atoms with van der Waals surface area (Å²) < 4.78 is 18.7. The minimum atomic E-state index is -0.435. The minimum Gasteiger partial charge on any atom is -0.454 e. The van der Waals surface area contributed by atoms with Gasteiger partial charge in [-0.15, -0.1) is 0 Å². The summed E-state index contributed by atoms with van der Waals surface area (Å²) in [5, 5.41) is 9.35. The van der Waals surface area contributed by atoms with E-state index in [4.69, 9.17) is 21.4 Å². The van der Waals surface area contributed by atoms with Gasteiger partial charge in [-0.2, -0.15) is 0 Å².